The Hall–Kier alpha value is -2.57. The van der Waals surface area contributed by atoms with Gasteiger partial charge >= 0.3 is 5.97 Å². The van der Waals surface area contributed by atoms with Crippen LogP contribution in [0.3, 0.4) is 0 Å². The highest BCUT2D eigenvalue weighted by Gasteiger charge is 2.26. The van der Waals surface area contributed by atoms with E-state index >= 15 is 0 Å². The third-order valence-corrected chi connectivity index (χ3v) is 4.39. The number of carbonyl (C=O) groups is 3. The fourth-order valence-electron chi connectivity index (χ4n) is 2.83. The fourth-order valence-corrected chi connectivity index (χ4v) is 2.83. The predicted molar refractivity (Wildman–Crippen MR) is 95.4 cm³/mol. The summed E-state index contributed by atoms with van der Waals surface area (Å²) in [5.41, 5.74) is 6.38. The summed E-state index contributed by atoms with van der Waals surface area (Å²) < 4.78 is 10.6. The van der Waals surface area contributed by atoms with Crippen LogP contribution in [0.15, 0.2) is 24.3 Å². The second-order valence-corrected chi connectivity index (χ2v) is 6.49. The van der Waals surface area contributed by atoms with Gasteiger partial charge in [-0.2, -0.15) is 0 Å². The van der Waals surface area contributed by atoms with Crippen LogP contribution in [-0.2, 0) is 19.1 Å². The van der Waals surface area contributed by atoms with Crippen LogP contribution in [0, 0.1) is 12.8 Å². The van der Waals surface area contributed by atoms with Gasteiger partial charge in [-0.05, 0) is 43.9 Å². The molecule has 0 atom stereocenters. The van der Waals surface area contributed by atoms with E-state index in [0.717, 1.165) is 11.3 Å². The Morgan fingerprint density at radius 3 is 2.62 bits per heavy atom. The maximum atomic E-state index is 12.0. The van der Waals surface area contributed by atoms with Crippen LogP contribution in [-0.4, -0.2) is 49.0 Å². The molecule has 2 N–H and O–H groups in total. The Bertz CT molecular complexity index is 639. The average molecular weight is 362 g/mol. The average Bonchev–Trinajstić information content (AvgIpc) is 2.63. The monoisotopic (exact) mass is 362 g/mol. The van der Waals surface area contributed by atoms with Gasteiger partial charge in [-0.3, -0.25) is 14.4 Å². The first-order valence-corrected chi connectivity index (χ1v) is 8.88. The molecule has 1 heterocycles. The van der Waals surface area contributed by atoms with Crippen molar-refractivity contribution in [3.63, 3.8) is 0 Å². The summed E-state index contributed by atoms with van der Waals surface area (Å²) in [6.45, 7) is 3.06. The zero-order chi connectivity index (χ0) is 18.9. The molecule has 0 bridgehead atoms. The zero-order valence-corrected chi connectivity index (χ0v) is 15.1. The molecule has 1 aliphatic rings. The lowest BCUT2D eigenvalue weighted by molar-refractivity contribution is -0.152. The van der Waals surface area contributed by atoms with Crippen LogP contribution in [0.5, 0.6) is 5.75 Å². The van der Waals surface area contributed by atoms with Gasteiger partial charge < -0.3 is 20.1 Å². The minimum Gasteiger partial charge on any atom is -0.494 e. The molecule has 2 rings (SSSR count). The summed E-state index contributed by atoms with van der Waals surface area (Å²) in [7, 11) is 0. The number of amides is 2. The van der Waals surface area contributed by atoms with E-state index in [4.69, 9.17) is 15.2 Å². The van der Waals surface area contributed by atoms with E-state index in [1.807, 2.05) is 31.2 Å². The van der Waals surface area contributed by atoms with Crippen molar-refractivity contribution >= 4 is 17.8 Å². The third-order valence-electron chi connectivity index (χ3n) is 4.39. The molecular formula is C19H26N2O5. The number of carbonyl (C=O) groups excluding carboxylic acids is 3. The highest BCUT2D eigenvalue weighted by molar-refractivity contribution is 5.81. The van der Waals surface area contributed by atoms with Crippen molar-refractivity contribution in [3.05, 3.63) is 29.8 Å². The Kier molecular flexibility index (Phi) is 7.44. The summed E-state index contributed by atoms with van der Waals surface area (Å²) in [4.78, 5) is 36.5. The molecule has 0 saturated carbocycles. The number of rotatable bonds is 8. The highest BCUT2D eigenvalue weighted by atomic mass is 16.5. The van der Waals surface area contributed by atoms with Gasteiger partial charge in [0.15, 0.2) is 6.61 Å². The largest absolute Gasteiger partial charge is 0.494 e. The van der Waals surface area contributed by atoms with Gasteiger partial charge in [0.05, 0.1) is 6.61 Å². The van der Waals surface area contributed by atoms with Crippen molar-refractivity contribution in [2.45, 2.75) is 32.6 Å². The summed E-state index contributed by atoms with van der Waals surface area (Å²) in [5, 5.41) is 0. The number of esters is 1. The van der Waals surface area contributed by atoms with E-state index in [1.54, 1.807) is 4.90 Å². The number of nitrogens with two attached hydrogens (primary N) is 1. The van der Waals surface area contributed by atoms with Crippen LogP contribution < -0.4 is 10.5 Å². The molecule has 1 aromatic carbocycles. The number of hydrogen-bond donors (Lipinski definition) is 1. The molecule has 142 valence electrons. The topological polar surface area (TPSA) is 98.9 Å². The van der Waals surface area contributed by atoms with Crippen molar-refractivity contribution in [3.8, 4) is 5.75 Å². The van der Waals surface area contributed by atoms with Crippen molar-refractivity contribution in [1.29, 1.82) is 0 Å². The second-order valence-electron chi connectivity index (χ2n) is 6.49. The van der Waals surface area contributed by atoms with E-state index < -0.39 is 5.97 Å². The summed E-state index contributed by atoms with van der Waals surface area (Å²) in [6.07, 6.45) is 1.84. The number of benzene rings is 1. The first-order valence-electron chi connectivity index (χ1n) is 8.88. The number of piperidine rings is 1. The molecule has 0 unspecified atom stereocenters. The predicted octanol–water partition coefficient (Wildman–Crippen LogP) is 1.42. The number of ether oxygens (including phenoxy) is 2. The van der Waals surface area contributed by atoms with E-state index in [-0.39, 0.29) is 30.8 Å². The molecule has 0 aliphatic carbocycles. The lowest BCUT2D eigenvalue weighted by atomic mass is 9.96. The molecule has 1 aromatic rings. The Labute approximate surface area is 153 Å². The number of primary amides is 1. The summed E-state index contributed by atoms with van der Waals surface area (Å²) in [5.74, 6) is -0.380. The lowest BCUT2D eigenvalue weighted by Crippen LogP contribution is -2.43. The molecule has 26 heavy (non-hydrogen) atoms. The quantitative estimate of drug-likeness (QED) is 0.557. The van der Waals surface area contributed by atoms with Crippen molar-refractivity contribution < 1.29 is 23.9 Å². The zero-order valence-electron chi connectivity index (χ0n) is 15.1. The van der Waals surface area contributed by atoms with Gasteiger partial charge in [-0.1, -0.05) is 12.1 Å². The van der Waals surface area contributed by atoms with Gasteiger partial charge in [-0.25, -0.2) is 0 Å². The Morgan fingerprint density at radius 2 is 1.96 bits per heavy atom. The molecule has 0 spiro atoms. The molecule has 1 aliphatic heterocycles. The molecule has 1 fully saturated rings. The normalized spacial score (nSPS) is 14.7. The molecular weight excluding hydrogens is 336 g/mol. The number of likely N-dealkylation sites (tertiary alicyclic amines) is 1. The van der Waals surface area contributed by atoms with Crippen molar-refractivity contribution in [2.24, 2.45) is 11.7 Å². The maximum absolute atomic E-state index is 12.0. The SMILES string of the molecule is Cc1cccc(OCCCC(=O)OCC(=O)N2CCC(C(N)=O)CC2)c1. The first-order chi connectivity index (χ1) is 12.5. The molecule has 2 amide bonds. The van der Waals surface area contributed by atoms with Crippen LogP contribution in [0.4, 0.5) is 0 Å². The number of nitrogens with zero attached hydrogens (tertiary/aromatic N) is 1. The summed E-state index contributed by atoms with van der Waals surface area (Å²) in [6, 6.07) is 7.69. The number of hydrogen-bond acceptors (Lipinski definition) is 5. The minimum atomic E-state index is -0.418. The Morgan fingerprint density at radius 1 is 1.23 bits per heavy atom. The van der Waals surface area contributed by atoms with Gasteiger partial charge in [0.2, 0.25) is 5.91 Å². The molecule has 1 saturated heterocycles. The summed E-state index contributed by atoms with van der Waals surface area (Å²) >= 11 is 0. The maximum Gasteiger partial charge on any atom is 0.306 e. The molecule has 7 nitrogen and oxygen atoms in total. The third kappa shape index (κ3) is 6.38. The highest BCUT2D eigenvalue weighted by Crippen LogP contribution is 2.17. The number of aryl methyl sites for hydroxylation is 1. The molecule has 0 aromatic heterocycles. The van der Waals surface area contributed by atoms with Gasteiger partial charge in [-0.15, -0.1) is 0 Å². The fraction of sp³-hybridized carbons (Fsp3) is 0.526. The van der Waals surface area contributed by atoms with Gasteiger partial charge in [0.1, 0.15) is 5.75 Å². The van der Waals surface area contributed by atoms with Gasteiger partial charge in [0.25, 0.3) is 5.91 Å². The van der Waals surface area contributed by atoms with Crippen LogP contribution >= 0.6 is 0 Å². The first kappa shape index (κ1) is 19.8. The Balaban J connectivity index is 1.58. The van der Waals surface area contributed by atoms with Gasteiger partial charge in [0, 0.05) is 25.4 Å². The van der Waals surface area contributed by atoms with Crippen molar-refractivity contribution in [2.75, 3.05) is 26.3 Å². The molecule has 0 radical (unpaired) electrons. The second kappa shape index (κ2) is 9.79. The molecule has 7 heteroatoms. The smallest absolute Gasteiger partial charge is 0.306 e. The van der Waals surface area contributed by atoms with E-state index in [2.05, 4.69) is 0 Å². The van der Waals surface area contributed by atoms with Crippen LogP contribution in [0.1, 0.15) is 31.2 Å². The minimum absolute atomic E-state index is 0.171. The van der Waals surface area contributed by atoms with E-state index in [1.165, 1.54) is 0 Å². The van der Waals surface area contributed by atoms with E-state index in [9.17, 15) is 14.4 Å². The van der Waals surface area contributed by atoms with E-state index in [0.29, 0.717) is 39.0 Å². The van der Waals surface area contributed by atoms with Crippen molar-refractivity contribution in [1.82, 2.24) is 4.90 Å². The lowest BCUT2D eigenvalue weighted by Gasteiger charge is -2.30. The van der Waals surface area contributed by atoms with Crippen LogP contribution in [0.25, 0.3) is 0 Å². The standard InChI is InChI=1S/C19H26N2O5/c1-14-4-2-5-16(12-14)25-11-3-6-18(23)26-13-17(22)21-9-7-15(8-10-21)19(20)24/h2,4-5,12,15H,3,6-11,13H2,1H3,(H2,20,24). The van der Waals surface area contributed by atoms with Crippen LogP contribution in [0.2, 0.25) is 0 Å².